The lowest BCUT2D eigenvalue weighted by molar-refractivity contribution is -0.119. The highest BCUT2D eigenvalue weighted by Crippen LogP contribution is 2.25. The van der Waals surface area contributed by atoms with Crippen LogP contribution in [-0.4, -0.2) is 29.9 Å². The smallest absolute Gasteiger partial charge is 0.217 e. The Morgan fingerprint density at radius 2 is 2.39 bits per heavy atom. The second-order valence-electron chi connectivity index (χ2n) is 4.73. The van der Waals surface area contributed by atoms with E-state index in [-0.39, 0.29) is 11.9 Å². The Balaban J connectivity index is 1.97. The van der Waals surface area contributed by atoms with Crippen molar-refractivity contribution in [1.29, 1.82) is 0 Å². The predicted octanol–water partition coefficient (Wildman–Crippen LogP) is 1.63. The minimum absolute atomic E-state index is 0.0270. The third kappa shape index (κ3) is 3.15. The first-order chi connectivity index (χ1) is 8.56. The Bertz CT molecular complexity index is 430. The number of nitrogens with two attached hydrogens (primary N) is 1. The zero-order chi connectivity index (χ0) is 13.1. The third-order valence-electron chi connectivity index (χ3n) is 3.22. The number of hydrogen-bond donors (Lipinski definition) is 2. The Hall–Kier alpha value is -1.26. The number of carbonyl (C=O) groups is 1. The number of carbonyl (C=O) groups excluding carboxylic acids is 1. The monoisotopic (exact) mass is 267 g/mol. The van der Waals surface area contributed by atoms with Crippen molar-refractivity contribution < 1.29 is 4.79 Å². The molecule has 18 heavy (non-hydrogen) atoms. The Morgan fingerprint density at radius 3 is 3.06 bits per heavy atom. The predicted molar refractivity (Wildman–Crippen MR) is 73.4 cm³/mol. The van der Waals surface area contributed by atoms with Crippen molar-refractivity contribution in [1.82, 2.24) is 10.2 Å². The summed E-state index contributed by atoms with van der Waals surface area (Å²) in [6.07, 6.45) is 0.976. The number of nitrogens with one attached hydrogen (secondary N) is 1. The molecule has 98 valence electrons. The molecule has 1 fully saturated rings. The maximum absolute atomic E-state index is 11.0. The van der Waals surface area contributed by atoms with Crippen LogP contribution in [0.15, 0.2) is 18.2 Å². The van der Waals surface area contributed by atoms with E-state index in [9.17, 15) is 4.79 Å². The highest BCUT2D eigenvalue weighted by atomic mass is 35.5. The molecule has 2 rings (SSSR count). The van der Waals surface area contributed by atoms with Crippen LogP contribution in [-0.2, 0) is 11.3 Å². The van der Waals surface area contributed by atoms with E-state index in [1.807, 2.05) is 18.2 Å². The van der Waals surface area contributed by atoms with Crippen LogP contribution in [0.5, 0.6) is 0 Å². The van der Waals surface area contributed by atoms with Crippen LogP contribution < -0.4 is 11.1 Å². The quantitative estimate of drug-likeness (QED) is 0.819. The molecule has 0 saturated carbocycles. The Morgan fingerprint density at radius 1 is 1.61 bits per heavy atom. The van der Waals surface area contributed by atoms with Gasteiger partial charge < -0.3 is 11.1 Å². The van der Waals surface area contributed by atoms with Gasteiger partial charge in [0, 0.05) is 48.9 Å². The van der Waals surface area contributed by atoms with Crippen molar-refractivity contribution >= 4 is 23.2 Å². The topological polar surface area (TPSA) is 58.4 Å². The van der Waals surface area contributed by atoms with Gasteiger partial charge in [-0.1, -0.05) is 17.7 Å². The summed E-state index contributed by atoms with van der Waals surface area (Å²) in [5.74, 6) is 0.0270. The number of halogens is 1. The van der Waals surface area contributed by atoms with Gasteiger partial charge in [-0.2, -0.15) is 0 Å². The van der Waals surface area contributed by atoms with E-state index in [0.29, 0.717) is 5.02 Å². The molecule has 1 amide bonds. The summed E-state index contributed by atoms with van der Waals surface area (Å²) in [5.41, 5.74) is 7.64. The molecular formula is C13H18ClN3O. The SMILES string of the molecule is CC(=O)NC1CCN(Cc2c(N)cccc2Cl)C1. The molecule has 1 saturated heterocycles. The van der Waals surface area contributed by atoms with Crippen LogP contribution in [0.4, 0.5) is 5.69 Å². The van der Waals surface area contributed by atoms with E-state index in [2.05, 4.69) is 10.2 Å². The largest absolute Gasteiger partial charge is 0.398 e. The first-order valence-corrected chi connectivity index (χ1v) is 6.46. The number of hydrogen-bond acceptors (Lipinski definition) is 3. The van der Waals surface area contributed by atoms with Crippen molar-refractivity contribution in [3.05, 3.63) is 28.8 Å². The fourth-order valence-electron chi connectivity index (χ4n) is 2.35. The van der Waals surface area contributed by atoms with Crippen LogP contribution in [0, 0.1) is 0 Å². The summed E-state index contributed by atoms with van der Waals surface area (Å²) in [6.45, 7) is 4.09. The maximum atomic E-state index is 11.0. The maximum Gasteiger partial charge on any atom is 0.217 e. The lowest BCUT2D eigenvalue weighted by Gasteiger charge is -2.18. The molecule has 1 atom stereocenters. The van der Waals surface area contributed by atoms with Crippen molar-refractivity contribution in [3.8, 4) is 0 Å². The third-order valence-corrected chi connectivity index (χ3v) is 3.57. The van der Waals surface area contributed by atoms with Gasteiger partial charge in [-0.25, -0.2) is 0 Å². The van der Waals surface area contributed by atoms with E-state index in [0.717, 1.165) is 37.3 Å². The average molecular weight is 268 g/mol. The van der Waals surface area contributed by atoms with Crippen LogP contribution in [0.1, 0.15) is 18.9 Å². The molecule has 0 radical (unpaired) electrons. The minimum Gasteiger partial charge on any atom is -0.398 e. The van der Waals surface area contributed by atoms with Crippen molar-refractivity contribution in [3.63, 3.8) is 0 Å². The van der Waals surface area contributed by atoms with Gasteiger partial charge in [0.05, 0.1) is 0 Å². The lowest BCUT2D eigenvalue weighted by Crippen LogP contribution is -2.35. The minimum atomic E-state index is 0.0270. The summed E-state index contributed by atoms with van der Waals surface area (Å²) in [6, 6.07) is 5.81. The highest BCUT2D eigenvalue weighted by molar-refractivity contribution is 6.31. The molecule has 0 bridgehead atoms. The van der Waals surface area contributed by atoms with Crippen LogP contribution in [0.2, 0.25) is 5.02 Å². The number of amides is 1. The van der Waals surface area contributed by atoms with Crippen molar-refractivity contribution in [2.45, 2.75) is 25.9 Å². The molecule has 1 aliphatic rings. The summed E-state index contributed by atoms with van der Waals surface area (Å²) in [5, 5.41) is 3.65. The summed E-state index contributed by atoms with van der Waals surface area (Å²) in [7, 11) is 0. The molecule has 5 heteroatoms. The summed E-state index contributed by atoms with van der Waals surface area (Å²) < 4.78 is 0. The van der Waals surface area contributed by atoms with Crippen LogP contribution in [0.3, 0.4) is 0 Å². The standard InChI is InChI=1S/C13H18ClN3O/c1-9(18)16-10-5-6-17(7-10)8-11-12(14)3-2-4-13(11)15/h2-4,10H,5-8,15H2,1H3,(H,16,18). The van der Waals surface area contributed by atoms with E-state index in [1.165, 1.54) is 0 Å². The first kappa shape index (κ1) is 13.2. The van der Waals surface area contributed by atoms with Gasteiger partial charge in [-0.15, -0.1) is 0 Å². The normalized spacial score (nSPS) is 20.0. The number of anilines is 1. The molecule has 0 aromatic heterocycles. The van der Waals surface area contributed by atoms with Gasteiger partial charge in [0.15, 0.2) is 0 Å². The van der Waals surface area contributed by atoms with Crippen LogP contribution in [0.25, 0.3) is 0 Å². The molecule has 1 heterocycles. The van der Waals surface area contributed by atoms with Gasteiger partial charge in [-0.05, 0) is 18.6 Å². The first-order valence-electron chi connectivity index (χ1n) is 6.08. The molecule has 1 aliphatic heterocycles. The van der Waals surface area contributed by atoms with Crippen LogP contribution >= 0.6 is 11.6 Å². The zero-order valence-electron chi connectivity index (χ0n) is 10.4. The number of likely N-dealkylation sites (tertiary alicyclic amines) is 1. The molecule has 0 spiro atoms. The molecule has 4 nitrogen and oxygen atoms in total. The lowest BCUT2D eigenvalue weighted by atomic mass is 10.1. The van der Waals surface area contributed by atoms with E-state index >= 15 is 0 Å². The van der Waals surface area contributed by atoms with Gasteiger partial charge in [-0.3, -0.25) is 9.69 Å². The van der Waals surface area contributed by atoms with Gasteiger partial charge in [0.2, 0.25) is 5.91 Å². The number of rotatable bonds is 3. The summed E-state index contributed by atoms with van der Waals surface area (Å²) in [4.78, 5) is 13.3. The molecule has 1 unspecified atom stereocenters. The van der Waals surface area contributed by atoms with E-state index in [1.54, 1.807) is 6.92 Å². The molecular weight excluding hydrogens is 250 g/mol. The second-order valence-corrected chi connectivity index (χ2v) is 5.14. The van der Waals surface area contributed by atoms with E-state index < -0.39 is 0 Å². The van der Waals surface area contributed by atoms with E-state index in [4.69, 9.17) is 17.3 Å². The van der Waals surface area contributed by atoms with Gasteiger partial charge in [0.1, 0.15) is 0 Å². The molecule has 1 aromatic rings. The number of benzene rings is 1. The molecule has 1 aromatic carbocycles. The van der Waals surface area contributed by atoms with Crippen molar-refractivity contribution in [2.75, 3.05) is 18.8 Å². The number of nitrogens with zero attached hydrogens (tertiary/aromatic N) is 1. The van der Waals surface area contributed by atoms with Gasteiger partial charge in [0.25, 0.3) is 0 Å². The Labute approximate surface area is 112 Å². The molecule has 0 aliphatic carbocycles. The molecule has 3 N–H and O–H groups in total. The average Bonchev–Trinajstić information content (AvgIpc) is 2.70. The van der Waals surface area contributed by atoms with Crippen molar-refractivity contribution in [2.24, 2.45) is 0 Å². The fourth-order valence-corrected chi connectivity index (χ4v) is 2.59. The summed E-state index contributed by atoms with van der Waals surface area (Å²) >= 11 is 6.15. The van der Waals surface area contributed by atoms with Gasteiger partial charge >= 0.3 is 0 Å². The Kier molecular flexibility index (Phi) is 4.09. The highest BCUT2D eigenvalue weighted by Gasteiger charge is 2.23. The fraction of sp³-hybridized carbons (Fsp3) is 0.462. The second kappa shape index (κ2) is 5.59. The zero-order valence-corrected chi connectivity index (χ0v) is 11.2. The number of nitrogen functional groups attached to an aromatic ring is 1.